The Balaban J connectivity index is 0.00000133. The highest BCUT2D eigenvalue weighted by Gasteiger charge is 2.14. The van der Waals surface area contributed by atoms with Gasteiger partial charge in [-0.25, -0.2) is 0 Å². The van der Waals surface area contributed by atoms with E-state index in [4.69, 9.17) is 0 Å². The molecule has 3 heteroatoms. The maximum atomic E-state index is 3.80. The van der Waals surface area contributed by atoms with Gasteiger partial charge in [0.15, 0.2) is 0 Å². The molecule has 0 bridgehead atoms. The molecule has 0 fully saturated rings. The Kier molecular flexibility index (Phi) is 4.46. The summed E-state index contributed by atoms with van der Waals surface area (Å²) < 4.78 is 0. The van der Waals surface area contributed by atoms with Gasteiger partial charge in [0.2, 0.25) is 0 Å². The van der Waals surface area contributed by atoms with Crippen LogP contribution in [0, 0.1) is 0 Å². The first kappa shape index (κ1) is 13.9. The van der Waals surface area contributed by atoms with Crippen LogP contribution in [0.2, 0.25) is 0 Å². The summed E-state index contributed by atoms with van der Waals surface area (Å²) in [6.45, 7) is 6.93. The number of hydrogen-bond acceptors (Lipinski definition) is 1. The van der Waals surface area contributed by atoms with Crippen molar-refractivity contribution in [1.29, 1.82) is 0 Å². The van der Waals surface area contributed by atoms with Crippen LogP contribution < -0.4 is 0 Å². The molecule has 1 aliphatic rings. The average Bonchev–Trinajstić information content (AvgIpc) is 2.84. The van der Waals surface area contributed by atoms with Gasteiger partial charge in [0.25, 0.3) is 0 Å². The van der Waals surface area contributed by atoms with E-state index in [2.05, 4.69) is 53.0 Å². The molecule has 0 amide bonds. The van der Waals surface area contributed by atoms with E-state index in [1.807, 2.05) is 6.08 Å². The van der Waals surface area contributed by atoms with Crippen LogP contribution in [-0.4, -0.2) is 29.5 Å². The molecule has 2 heterocycles. The zero-order valence-electron chi connectivity index (χ0n) is 10.9. The van der Waals surface area contributed by atoms with Gasteiger partial charge in [0.1, 0.15) is 0 Å². The Morgan fingerprint density at radius 1 is 1.32 bits per heavy atom. The third-order valence-electron chi connectivity index (χ3n) is 3.62. The summed E-state index contributed by atoms with van der Waals surface area (Å²) in [5.74, 6) is 0. The van der Waals surface area contributed by atoms with E-state index in [9.17, 15) is 0 Å². The first-order chi connectivity index (χ1) is 8.88. The SMILES string of the molecule is C=CCN1CC=C(c2c[nH]c3ccccc23)CC1.Cl. The minimum absolute atomic E-state index is 0. The van der Waals surface area contributed by atoms with E-state index in [0.717, 1.165) is 26.1 Å². The van der Waals surface area contributed by atoms with Gasteiger partial charge in [0, 0.05) is 42.3 Å². The van der Waals surface area contributed by atoms with Gasteiger partial charge >= 0.3 is 0 Å². The lowest BCUT2D eigenvalue weighted by molar-refractivity contribution is 0.335. The summed E-state index contributed by atoms with van der Waals surface area (Å²) in [5, 5.41) is 1.33. The zero-order chi connectivity index (χ0) is 12.4. The highest BCUT2D eigenvalue weighted by molar-refractivity contribution is 5.92. The number of nitrogens with one attached hydrogen (secondary N) is 1. The summed E-state index contributed by atoms with van der Waals surface area (Å²) in [5.41, 5.74) is 4.05. The number of rotatable bonds is 3. The molecule has 0 radical (unpaired) electrons. The molecule has 1 aromatic carbocycles. The van der Waals surface area contributed by atoms with E-state index < -0.39 is 0 Å². The van der Waals surface area contributed by atoms with Gasteiger partial charge in [-0.15, -0.1) is 19.0 Å². The van der Waals surface area contributed by atoms with Crippen molar-refractivity contribution in [3.63, 3.8) is 0 Å². The smallest absolute Gasteiger partial charge is 0.0460 e. The van der Waals surface area contributed by atoms with Crippen molar-refractivity contribution in [3.05, 3.63) is 54.8 Å². The summed E-state index contributed by atoms with van der Waals surface area (Å²) >= 11 is 0. The topological polar surface area (TPSA) is 19.0 Å². The zero-order valence-corrected chi connectivity index (χ0v) is 11.7. The quantitative estimate of drug-likeness (QED) is 0.842. The number of nitrogens with zero attached hydrogens (tertiary/aromatic N) is 1. The Morgan fingerprint density at radius 2 is 2.16 bits per heavy atom. The van der Waals surface area contributed by atoms with Crippen LogP contribution >= 0.6 is 12.4 Å². The molecule has 1 N–H and O–H groups in total. The van der Waals surface area contributed by atoms with Gasteiger partial charge in [-0.05, 0) is 18.1 Å². The fraction of sp³-hybridized carbons (Fsp3) is 0.250. The molecule has 0 aliphatic carbocycles. The number of fused-ring (bicyclic) bond motifs is 1. The summed E-state index contributed by atoms with van der Waals surface area (Å²) in [6.07, 6.45) is 7.59. The predicted octanol–water partition coefficient (Wildman–Crippen LogP) is 3.86. The van der Waals surface area contributed by atoms with Gasteiger partial charge < -0.3 is 4.98 Å². The van der Waals surface area contributed by atoms with Crippen molar-refractivity contribution in [2.24, 2.45) is 0 Å². The third-order valence-corrected chi connectivity index (χ3v) is 3.62. The maximum Gasteiger partial charge on any atom is 0.0460 e. The van der Waals surface area contributed by atoms with E-state index in [-0.39, 0.29) is 12.4 Å². The summed E-state index contributed by atoms with van der Waals surface area (Å²) in [4.78, 5) is 5.76. The Hall–Kier alpha value is -1.51. The number of hydrogen-bond donors (Lipinski definition) is 1. The average molecular weight is 275 g/mol. The molecule has 19 heavy (non-hydrogen) atoms. The number of H-pyrrole nitrogens is 1. The second kappa shape index (κ2) is 6.09. The van der Waals surface area contributed by atoms with Crippen LogP contribution in [-0.2, 0) is 0 Å². The summed E-state index contributed by atoms with van der Waals surface area (Å²) in [6, 6.07) is 8.50. The molecule has 0 atom stereocenters. The molecular formula is C16H19ClN2. The van der Waals surface area contributed by atoms with Gasteiger partial charge in [-0.1, -0.05) is 30.4 Å². The van der Waals surface area contributed by atoms with Crippen molar-refractivity contribution in [2.75, 3.05) is 19.6 Å². The van der Waals surface area contributed by atoms with E-state index in [0.29, 0.717) is 0 Å². The highest BCUT2D eigenvalue weighted by Crippen LogP contribution is 2.28. The molecule has 0 unspecified atom stereocenters. The minimum atomic E-state index is 0. The Bertz CT molecular complexity index is 598. The van der Waals surface area contributed by atoms with Crippen molar-refractivity contribution < 1.29 is 0 Å². The highest BCUT2D eigenvalue weighted by atomic mass is 35.5. The number of para-hydroxylation sites is 1. The van der Waals surface area contributed by atoms with E-state index in [1.54, 1.807) is 0 Å². The molecule has 3 rings (SSSR count). The normalized spacial score (nSPS) is 15.9. The minimum Gasteiger partial charge on any atom is -0.361 e. The van der Waals surface area contributed by atoms with Crippen molar-refractivity contribution in [1.82, 2.24) is 9.88 Å². The summed E-state index contributed by atoms with van der Waals surface area (Å²) in [7, 11) is 0. The van der Waals surface area contributed by atoms with Gasteiger partial charge in [0.05, 0.1) is 0 Å². The Labute approximate surface area is 120 Å². The van der Waals surface area contributed by atoms with Crippen LogP contribution in [0.1, 0.15) is 12.0 Å². The second-order valence-electron chi connectivity index (χ2n) is 4.78. The molecule has 0 spiro atoms. The number of benzene rings is 1. The Morgan fingerprint density at radius 3 is 2.89 bits per heavy atom. The standard InChI is InChI=1S/C16H18N2.ClH/c1-2-9-18-10-7-13(8-11-18)15-12-17-16-6-4-3-5-14(15)16;/h2-7,12,17H,1,8-11H2;1H. The molecule has 0 saturated carbocycles. The van der Waals surface area contributed by atoms with Crippen LogP contribution in [0.15, 0.2) is 49.2 Å². The van der Waals surface area contributed by atoms with Crippen molar-refractivity contribution in [2.45, 2.75) is 6.42 Å². The van der Waals surface area contributed by atoms with Crippen LogP contribution in [0.5, 0.6) is 0 Å². The number of aromatic amines is 1. The monoisotopic (exact) mass is 274 g/mol. The lowest BCUT2D eigenvalue weighted by atomic mass is 9.99. The maximum absolute atomic E-state index is 3.80. The molecule has 1 aromatic heterocycles. The van der Waals surface area contributed by atoms with Crippen molar-refractivity contribution >= 4 is 28.9 Å². The van der Waals surface area contributed by atoms with Crippen LogP contribution in [0.3, 0.4) is 0 Å². The number of aromatic nitrogens is 1. The molecule has 1 aliphatic heterocycles. The van der Waals surface area contributed by atoms with Crippen LogP contribution in [0.4, 0.5) is 0 Å². The molecule has 2 nitrogen and oxygen atoms in total. The fourth-order valence-corrected chi connectivity index (χ4v) is 2.64. The molecular weight excluding hydrogens is 256 g/mol. The number of halogens is 1. The van der Waals surface area contributed by atoms with Crippen molar-refractivity contribution in [3.8, 4) is 0 Å². The molecule has 100 valence electrons. The third kappa shape index (κ3) is 2.75. The first-order valence-corrected chi connectivity index (χ1v) is 6.47. The first-order valence-electron chi connectivity index (χ1n) is 6.47. The lowest BCUT2D eigenvalue weighted by Gasteiger charge is -2.24. The largest absolute Gasteiger partial charge is 0.361 e. The van der Waals surface area contributed by atoms with E-state index in [1.165, 1.54) is 22.0 Å². The van der Waals surface area contributed by atoms with Crippen LogP contribution in [0.25, 0.3) is 16.5 Å². The van der Waals surface area contributed by atoms with E-state index >= 15 is 0 Å². The van der Waals surface area contributed by atoms with Gasteiger partial charge in [-0.2, -0.15) is 0 Å². The predicted molar refractivity (Wildman–Crippen MR) is 84.8 cm³/mol. The molecule has 2 aromatic rings. The lowest BCUT2D eigenvalue weighted by Crippen LogP contribution is -2.28. The second-order valence-corrected chi connectivity index (χ2v) is 4.78. The van der Waals surface area contributed by atoms with Gasteiger partial charge in [-0.3, -0.25) is 4.90 Å². The molecule has 0 saturated heterocycles. The fourth-order valence-electron chi connectivity index (χ4n) is 2.64.